The molecule has 1 rings (SSSR count). The third-order valence-electron chi connectivity index (χ3n) is 1.26. The number of aromatic carboxylic acids is 1. The molecule has 0 saturated carbocycles. The first-order valence-corrected chi connectivity index (χ1v) is 5.25. The normalized spacial score (nSPS) is 9.92. The Morgan fingerprint density at radius 1 is 1.58 bits per heavy atom. The van der Waals surface area contributed by atoms with Gasteiger partial charge in [-0.05, 0) is 50.7 Å². The van der Waals surface area contributed by atoms with Gasteiger partial charge in [0.05, 0.1) is 5.56 Å². The minimum atomic E-state index is -0.942. The summed E-state index contributed by atoms with van der Waals surface area (Å²) in [6, 6.07) is 3.09. The molecule has 0 fully saturated rings. The zero-order valence-corrected chi connectivity index (χ0v) is 10.4. The first-order chi connectivity index (χ1) is 5.52. The van der Waals surface area contributed by atoms with Gasteiger partial charge < -0.3 is 5.11 Å². The maximum atomic E-state index is 10.6. The lowest BCUT2D eigenvalue weighted by atomic mass is 10.2. The summed E-state index contributed by atoms with van der Waals surface area (Å²) in [5.41, 5.74) is 0.243. The Morgan fingerprint density at radius 3 is 2.58 bits per heavy atom. The van der Waals surface area contributed by atoms with Gasteiger partial charge in [-0.3, -0.25) is 0 Å². The molecule has 0 spiro atoms. The van der Waals surface area contributed by atoms with E-state index in [1.54, 1.807) is 6.07 Å². The Balaban J connectivity index is 3.31. The third-order valence-corrected chi connectivity index (χ3v) is 4.56. The lowest BCUT2D eigenvalue weighted by Crippen LogP contribution is -1.97. The van der Waals surface area contributed by atoms with Crippen LogP contribution in [0.5, 0.6) is 0 Å². The summed E-state index contributed by atoms with van der Waals surface area (Å²) in [5.74, 6) is -0.942. The molecule has 12 heavy (non-hydrogen) atoms. The second kappa shape index (κ2) is 3.97. The van der Waals surface area contributed by atoms with E-state index in [4.69, 9.17) is 5.11 Å². The summed E-state index contributed by atoms with van der Waals surface area (Å²) >= 11 is 9.47. The van der Waals surface area contributed by atoms with Crippen LogP contribution in [-0.2, 0) is 0 Å². The molecule has 0 unspecified atom stereocenters. The average molecular weight is 359 g/mol. The molecule has 0 heterocycles. The fourth-order valence-corrected chi connectivity index (χ4v) is 1.88. The quantitative estimate of drug-likeness (QED) is 0.598. The molecule has 64 valence electrons. The lowest BCUT2D eigenvalue weighted by molar-refractivity contribution is 0.0696. The van der Waals surface area contributed by atoms with Crippen molar-refractivity contribution >= 4 is 57.1 Å². The van der Waals surface area contributed by atoms with Crippen molar-refractivity contribution in [3.8, 4) is 0 Å². The van der Waals surface area contributed by atoms with Crippen LogP contribution in [-0.4, -0.2) is 11.1 Å². The maximum Gasteiger partial charge on any atom is 0.335 e. The molecule has 1 aromatic carbocycles. The summed E-state index contributed by atoms with van der Waals surface area (Å²) in [5, 5.41) is 8.67. The number of benzene rings is 1. The van der Waals surface area contributed by atoms with Crippen LogP contribution in [0.1, 0.15) is 10.4 Å². The molecule has 0 saturated heterocycles. The van der Waals surface area contributed by atoms with Crippen LogP contribution >= 0.6 is 51.1 Å². The summed E-state index contributed by atoms with van der Waals surface area (Å²) in [7, 11) is 0. The Morgan fingerprint density at radius 2 is 2.17 bits per heavy atom. The van der Waals surface area contributed by atoms with Gasteiger partial charge in [0.2, 0.25) is 0 Å². The predicted molar refractivity (Wildman–Crippen MR) is 61.1 cm³/mol. The van der Waals surface area contributed by atoms with E-state index in [0.717, 1.165) is 8.04 Å². The van der Waals surface area contributed by atoms with Crippen LogP contribution in [0, 0.1) is 3.57 Å². The number of thiol groups is 1. The van der Waals surface area contributed by atoms with Crippen molar-refractivity contribution < 1.29 is 9.90 Å². The number of carboxylic acids is 1. The molecule has 2 nitrogen and oxygen atoms in total. The van der Waals surface area contributed by atoms with Crippen LogP contribution in [0.4, 0.5) is 0 Å². The van der Waals surface area contributed by atoms with Crippen molar-refractivity contribution in [2.45, 2.75) is 4.90 Å². The van der Waals surface area contributed by atoms with Crippen LogP contribution < -0.4 is 0 Å². The first-order valence-electron chi connectivity index (χ1n) is 2.93. The largest absolute Gasteiger partial charge is 0.478 e. The minimum Gasteiger partial charge on any atom is -0.478 e. The highest BCUT2D eigenvalue weighted by Gasteiger charge is 2.08. The van der Waals surface area contributed by atoms with E-state index in [1.807, 2.05) is 0 Å². The maximum absolute atomic E-state index is 10.6. The van der Waals surface area contributed by atoms with Crippen molar-refractivity contribution in [3.63, 3.8) is 0 Å². The van der Waals surface area contributed by atoms with Crippen molar-refractivity contribution in [2.24, 2.45) is 0 Å². The molecule has 5 heteroatoms. The lowest BCUT2D eigenvalue weighted by Gasteiger charge is -2.01. The smallest absolute Gasteiger partial charge is 0.335 e. The second-order valence-electron chi connectivity index (χ2n) is 2.10. The van der Waals surface area contributed by atoms with Gasteiger partial charge in [-0.15, -0.1) is 12.6 Å². The molecule has 0 radical (unpaired) electrons. The van der Waals surface area contributed by atoms with Crippen LogP contribution in [0.25, 0.3) is 0 Å². The molecule has 1 N–H and O–H groups in total. The predicted octanol–water partition coefficient (Wildman–Crippen LogP) is 3.04. The monoisotopic (exact) mass is 358 g/mol. The highest BCUT2D eigenvalue weighted by atomic mass is 127. The van der Waals surface area contributed by atoms with E-state index >= 15 is 0 Å². The molecule has 0 aliphatic rings. The van der Waals surface area contributed by atoms with E-state index < -0.39 is 5.97 Å². The van der Waals surface area contributed by atoms with Crippen molar-refractivity contribution in [1.29, 1.82) is 0 Å². The van der Waals surface area contributed by atoms with Gasteiger partial charge in [0.15, 0.2) is 0 Å². The summed E-state index contributed by atoms with van der Waals surface area (Å²) in [6.45, 7) is 0. The topological polar surface area (TPSA) is 37.3 Å². The van der Waals surface area contributed by atoms with Gasteiger partial charge in [-0.2, -0.15) is 0 Å². The van der Waals surface area contributed by atoms with Gasteiger partial charge in [-0.1, -0.05) is 0 Å². The SMILES string of the molecule is O=C(O)c1cc(S)c(I)c(Br)c1. The van der Waals surface area contributed by atoms with Gasteiger partial charge in [-0.25, -0.2) is 4.79 Å². The minimum absolute atomic E-state index is 0.243. The first kappa shape index (κ1) is 10.3. The fraction of sp³-hybridized carbons (Fsp3) is 0. The molecular formula is C7H4BrIO2S. The number of halogens is 2. The highest BCUT2D eigenvalue weighted by Crippen LogP contribution is 2.26. The third kappa shape index (κ3) is 2.14. The second-order valence-corrected chi connectivity index (χ2v) is 4.51. The van der Waals surface area contributed by atoms with Gasteiger partial charge >= 0.3 is 5.97 Å². The summed E-state index contributed by atoms with van der Waals surface area (Å²) < 4.78 is 1.67. The molecule has 0 amide bonds. The van der Waals surface area contributed by atoms with Gasteiger partial charge in [0.25, 0.3) is 0 Å². The number of rotatable bonds is 1. The molecule has 0 aliphatic heterocycles. The summed E-state index contributed by atoms with van der Waals surface area (Å²) in [4.78, 5) is 11.2. The van der Waals surface area contributed by atoms with Crippen molar-refractivity contribution in [1.82, 2.24) is 0 Å². The molecular weight excluding hydrogens is 355 g/mol. The highest BCUT2D eigenvalue weighted by molar-refractivity contribution is 14.1. The zero-order valence-electron chi connectivity index (χ0n) is 5.71. The molecule has 1 aromatic rings. The fourth-order valence-electron chi connectivity index (χ4n) is 0.698. The number of hydrogen-bond acceptors (Lipinski definition) is 2. The summed E-state index contributed by atoms with van der Waals surface area (Å²) in [6.07, 6.45) is 0. The van der Waals surface area contributed by atoms with Crippen molar-refractivity contribution in [3.05, 3.63) is 25.7 Å². The molecule has 0 bridgehead atoms. The average Bonchev–Trinajstić information content (AvgIpc) is 1.99. The van der Waals surface area contributed by atoms with E-state index in [-0.39, 0.29) is 5.56 Å². The zero-order chi connectivity index (χ0) is 9.30. The van der Waals surface area contributed by atoms with E-state index in [1.165, 1.54) is 6.07 Å². The molecule has 0 aromatic heterocycles. The standard InChI is InChI=1S/C7H4BrIO2S/c8-4-1-3(7(10)11)2-5(12)6(4)9/h1-2,12H,(H,10,11). The van der Waals surface area contributed by atoms with Crippen molar-refractivity contribution in [2.75, 3.05) is 0 Å². The number of hydrogen-bond donors (Lipinski definition) is 2. The van der Waals surface area contributed by atoms with Crippen LogP contribution in [0.2, 0.25) is 0 Å². The Labute approximate surface area is 97.0 Å². The van der Waals surface area contributed by atoms with Crippen LogP contribution in [0.3, 0.4) is 0 Å². The van der Waals surface area contributed by atoms with E-state index in [2.05, 4.69) is 51.1 Å². The van der Waals surface area contributed by atoms with E-state index in [0.29, 0.717) is 4.90 Å². The van der Waals surface area contributed by atoms with Gasteiger partial charge in [0.1, 0.15) is 0 Å². The Kier molecular flexibility index (Phi) is 3.42. The van der Waals surface area contributed by atoms with Crippen LogP contribution in [0.15, 0.2) is 21.5 Å². The van der Waals surface area contributed by atoms with Gasteiger partial charge in [0, 0.05) is 12.9 Å². The number of carbonyl (C=O) groups is 1. The number of carboxylic acid groups (broad SMARTS) is 1. The molecule has 0 atom stereocenters. The van der Waals surface area contributed by atoms with E-state index in [9.17, 15) is 4.79 Å². The molecule has 0 aliphatic carbocycles. The Bertz CT molecular complexity index is 317. The Hall–Kier alpha value is 0.250.